The molecule has 28 valence electrons. The molecule has 0 aromatic rings. The third-order valence-electron chi connectivity index (χ3n) is 0. The second kappa shape index (κ2) is 17.2. The van der Waals surface area contributed by atoms with Crippen LogP contribution in [-0.2, 0) is 0 Å². The maximum Gasteiger partial charge on any atom is 0 e. The molecular formula is GeI3-3. The van der Waals surface area contributed by atoms with Crippen molar-refractivity contribution in [2.45, 2.75) is 0 Å². The van der Waals surface area contributed by atoms with Crippen molar-refractivity contribution in [2.24, 2.45) is 0 Å². The minimum absolute atomic E-state index is 0. The van der Waals surface area contributed by atoms with Gasteiger partial charge in [0.25, 0.3) is 0 Å². The second-order valence-corrected chi connectivity index (χ2v) is 0. The molecule has 0 aliphatic heterocycles. The quantitative estimate of drug-likeness (QED) is 0.253. The van der Waals surface area contributed by atoms with Crippen molar-refractivity contribution in [3.63, 3.8) is 0 Å². The Balaban J connectivity index is 0. The SMILES string of the molecule is [Ge].[I-].[I-].[I-]. The summed E-state index contributed by atoms with van der Waals surface area (Å²) in [6, 6.07) is 0. The number of hydrogen-bond donors (Lipinski definition) is 0. The van der Waals surface area contributed by atoms with Crippen LogP contribution in [0.5, 0.6) is 0 Å². The van der Waals surface area contributed by atoms with Gasteiger partial charge in [0.15, 0.2) is 0 Å². The van der Waals surface area contributed by atoms with Gasteiger partial charge in [-0.25, -0.2) is 0 Å². The van der Waals surface area contributed by atoms with Gasteiger partial charge < -0.3 is 71.9 Å². The molecule has 0 amide bonds. The normalized spacial score (nSPS) is 0. The Kier molecular flexibility index (Phi) is 127. The average molecular weight is 453 g/mol. The van der Waals surface area contributed by atoms with E-state index in [1.54, 1.807) is 0 Å². The molecule has 0 unspecified atom stereocenters. The smallest absolute Gasteiger partial charge is 0 e. The summed E-state index contributed by atoms with van der Waals surface area (Å²) in [6.07, 6.45) is 0. The van der Waals surface area contributed by atoms with Gasteiger partial charge in [-0.05, 0) is 0 Å². The zero-order valence-corrected chi connectivity index (χ0v) is 10.2. The molecule has 0 aliphatic rings. The molecule has 0 nitrogen and oxygen atoms in total. The van der Waals surface area contributed by atoms with Crippen molar-refractivity contribution in [2.75, 3.05) is 0 Å². The molecule has 0 saturated heterocycles. The molecule has 0 fully saturated rings. The maximum atomic E-state index is 0. The average Bonchev–Trinajstić information content (AvgIpc) is 0. The predicted octanol–water partition coefficient (Wildman–Crippen LogP) is -9.37. The van der Waals surface area contributed by atoms with Crippen LogP contribution in [0.4, 0.5) is 0 Å². The van der Waals surface area contributed by atoms with Crippen LogP contribution >= 0.6 is 0 Å². The van der Waals surface area contributed by atoms with Crippen molar-refractivity contribution in [1.82, 2.24) is 0 Å². The molecule has 0 saturated carbocycles. The Morgan fingerprint density at radius 3 is 0.500 bits per heavy atom. The fourth-order valence-electron chi connectivity index (χ4n) is 0. The molecular weight excluding hydrogens is 453 g/mol. The van der Waals surface area contributed by atoms with Crippen LogP contribution < -0.4 is 71.9 Å². The summed E-state index contributed by atoms with van der Waals surface area (Å²) in [4.78, 5) is 0. The number of halogens is 3. The minimum Gasteiger partial charge on any atom is -1.00 e. The van der Waals surface area contributed by atoms with Crippen molar-refractivity contribution in [3.05, 3.63) is 0 Å². The molecule has 0 bridgehead atoms. The van der Waals surface area contributed by atoms with Gasteiger partial charge in [-0.15, -0.1) is 0 Å². The fourth-order valence-corrected chi connectivity index (χ4v) is 0. The molecule has 0 aromatic carbocycles. The van der Waals surface area contributed by atoms with E-state index >= 15 is 0 Å². The molecule has 0 heterocycles. The zero-order chi connectivity index (χ0) is 0. The van der Waals surface area contributed by atoms with E-state index < -0.39 is 0 Å². The first kappa shape index (κ1) is 29.6. The summed E-state index contributed by atoms with van der Waals surface area (Å²) in [7, 11) is 0. The summed E-state index contributed by atoms with van der Waals surface area (Å²) in [5.74, 6) is 0. The summed E-state index contributed by atoms with van der Waals surface area (Å²) in [5.41, 5.74) is 0. The summed E-state index contributed by atoms with van der Waals surface area (Å²) < 4.78 is 0. The van der Waals surface area contributed by atoms with E-state index in [9.17, 15) is 0 Å². The van der Waals surface area contributed by atoms with E-state index in [2.05, 4.69) is 0 Å². The van der Waals surface area contributed by atoms with E-state index in [0.29, 0.717) is 0 Å². The van der Waals surface area contributed by atoms with E-state index in [0.717, 1.165) is 0 Å². The van der Waals surface area contributed by atoms with E-state index in [-0.39, 0.29) is 89.5 Å². The third-order valence-corrected chi connectivity index (χ3v) is 0. The second-order valence-electron chi connectivity index (χ2n) is 0. The first-order valence-corrected chi connectivity index (χ1v) is 0. The molecule has 4 radical (unpaired) electrons. The summed E-state index contributed by atoms with van der Waals surface area (Å²) >= 11 is 0. The van der Waals surface area contributed by atoms with Crippen LogP contribution in [0.3, 0.4) is 0 Å². The zero-order valence-electron chi connectivity index (χ0n) is 1.63. The third kappa shape index (κ3) is 8.83. The standard InChI is InChI=1S/Ge.3HI/h;3*1H/p-3. The number of hydrogen-bond acceptors (Lipinski definition) is 0. The van der Waals surface area contributed by atoms with E-state index in [4.69, 9.17) is 0 Å². The van der Waals surface area contributed by atoms with Gasteiger partial charge >= 0.3 is 0 Å². The van der Waals surface area contributed by atoms with Crippen LogP contribution in [0.2, 0.25) is 0 Å². The van der Waals surface area contributed by atoms with Crippen molar-refractivity contribution < 1.29 is 71.9 Å². The molecule has 0 aliphatic carbocycles. The molecule has 0 spiro atoms. The van der Waals surface area contributed by atoms with E-state index in [1.807, 2.05) is 0 Å². The van der Waals surface area contributed by atoms with E-state index in [1.165, 1.54) is 0 Å². The molecule has 4 heteroatoms. The predicted molar refractivity (Wildman–Crippen MR) is 5.75 cm³/mol. The fraction of sp³-hybridized carbons (Fsp3) is 0. The molecule has 0 N–H and O–H groups in total. The van der Waals surface area contributed by atoms with Gasteiger partial charge in [-0.2, -0.15) is 0 Å². The van der Waals surface area contributed by atoms with Crippen LogP contribution in [0.25, 0.3) is 0 Å². The first-order chi connectivity index (χ1) is 0. The Bertz CT molecular complexity index is 3.25. The van der Waals surface area contributed by atoms with Crippen LogP contribution in [0.15, 0.2) is 0 Å². The molecule has 0 rings (SSSR count). The van der Waals surface area contributed by atoms with Gasteiger partial charge in [-0.1, -0.05) is 0 Å². The van der Waals surface area contributed by atoms with Crippen LogP contribution in [-0.4, -0.2) is 17.6 Å². The number of rotatable bonds is 0. The minimum atomic E-state index is 0. The molecule has 0 atom stereocenters. The van der Waals surface area contributed by atoms with Gasteiger partial charge in [0.05, 0.1) is 0 Å². The summed E-state index contributed by atoms with van der Waals surface area (Å²) in [5, 5.41) is 0. The topological polar surface area (TPSA) is 0 Å². The van der Waals surface area contributed by atoms with Crippen LogP contribution in [0.1, 0.15) is 0 Å². The van der Waals surface area contributed by atoms with Gasteiger partial charge in [0.2, 0.25) is 0 Å². The Labute approximate surface area is 87.9 Å². The Morgan fingerprint density at radius 1 is 0.500 bits per heavy atom. The maximum absolute atomic E-state index is 0. The monoisotopic (exact) mass is 455 g/mol. The first-order valence-electron chi connectivity index (χ1n) is 0. The largest absolute Gasteiger partial charge is 1.00 e. The van der Waals surface area contributed by atoms with Gasteiger partial charge in [-0.3, -0.25) is 0 Å². The van der Waals surface area contributed by atoms with Gasteiger partial charge in [0, 0.05) is 17.6 Å². The van der Waals surface area contributed by atoms with Crippen molar-refractivity contribution in [1.29, 1.82) is 0 Å². The van der Waals surface area contributed by atoms with Crippen molar-refractivity contribution in [3.8, 4) is 0 Å². The van der Waals surface area contributed by atoms with Gasteiger partial charge in [0.1, 0.15) is 0 Å². The Morgan fingerprint density at radius 2 is 0.500 bits per heavy atom. The molecule has 4 heavy (non-hydrogen) atoms. The van der Waals surface area contributed by atoms with Crippen molar-refractivity contribution >= 4 is 17.6 Å². The van der Waals surface area contributed by atoms with Crippen LogP contribution in [0, 0.1) is 0 Å². The summed E-state index contributed by atoms with van der Waals surface area (Å²) in [6.45, 7) is 0. The Hall–Kier alpha value is 2.73. The molecule has 0 aromatic heterocycles.